The fourth-order valence-electron chi connectivity index (χ4n) is 4.14. The Kier molecular flexibility index (Phi) is 16.1. The maximum atomic E-state index is 12.9. The monoisotopic (exact) mass is 664 g/mol. The molecule has 0 saturated carbocycles. The van der Waals surface area contributed by atoms with E-state index in [0.29, 0.717) is 24.9 Å². The van der Waals surface area contributed by atoms with Gasteiger partial charge < -0.3 is 26.8 Å². The molecule has 16 nitrogen and oxygen atoms in total. The number of hydrogen-bond acceptors (Lipinski definition) is 10. The van der Waals surface area contributed by atoms with Crippen LogP contribution in [0.5, 0.6) is 0 Å². The summed E-state index contributed by atoms with van der Waals surface area (Å²) in [5, 5.41) is 16.3. The number of unbranched alkanes of at least 4 members (excludes halogenated alkanes) is 1. The lowest BCUT2D eigenvalue weighted by molar-refractivity contribution is -0.137. The highest BCUT2D eigenvalue weighted by molar-refractivity contribution is 7.86. The second-order valence-electron chi connectivity index (χ2n) is 10.4. The van der Waals surface area contributed by atoms with Gasteiger partial charge in [0, 0.05) is 37.9 Å². The Balaban J connectivity index is 2.78. The number of ketones is 1. The summed E-state index contributed by atoms with van der Waals surface area (Å²) in [7, 11) is -9.45. The highest BCUT2D eigenvalue weighted by Gasteiger charge is 2.30. The highest BCUT2D eigenvalue weighted by atomic mass is 32.2. The van der Waals surface area contributed by atoms with Crippen LogP contribution in [0.1, 0.15) is 60.9 Å². The minimum absolute atomic E-state index is 0.114. The molecule has 0 radical (unpaired) electrons. The van der Waals surface area contributed by atoms with Crippen LogP contribution in [0.15, 0.2) is 24.3 Å². The van der Waals surface area contributed by atoms with Gasteiger partial charge in [0.15, 0.2) is 5.78 Å². The van der Waals surface area contributed by atoms with Crippen LogP contribution in [0.4, 0.5) is 0 Å². The second-order valence-corrected chi connectivity index (χ2v) is 13.4. The lowest BCUT2D eigenvalue weighted by Gasteiger charge is -2.23. The van der Waals surface area contributed by atoms with Crippen molar-refractivity contribution in [2.75, 3.05) is 24.6 Å². The first-order valence-corrected chi connectivity index (χ1v) is 16.9. The fraction of sp³-hybridized carbons (Fsp3) is 0.577. The van der Waals surface area contributed by atoms with Gasteiger partial charge in [-0.1, -0.05) is 17.7 Å². The number of Topliss-reactive ketones (excluding diaryl/α,β-unsaturated/α-hetero) is 1. The standard InChI is InChI=1S/C26H40N4O12S2/c1-17-8-10-19(11-9-17)26(36)28-12-3-2-5-20(25(27)35)29-14-18(15-43(37,38)39)13-22(31)21(16-44(40,41)42)30-23(32)6-4-7-24(33)34/h8-11,18,20-21,29H,2-7,12-16H2,1H3,(H2,27,35)(H,28,36)(H,30,32)(H,33,34)(H,37,38,39)(H,40,41,42)/t18-,20+,21+/m1/s1. The molecule has 0 bridgehead atoms. The van der Waals surface area contributed by atoms with Crippen molar-refractivity contribution in [2.24, 2.45) is 11.7 Å². The average Bonchev–Trinajstić information content (AvgIpc) is 2.87. The molecule has 8 N–H and O–H groups in total. The van der Waals surface area contributed by atoms with Gasteiger partial charge in [0.1, 0.15) is 11.8 Å². The summed E-state index contributed by atoms with van der Waals surface area (Å²) >= 11 is 0. The first-order valence-electron chi connectivity index (χ1n) is 13.7. The summed E-state index contributed by atoms with van der Waals surface area (Å²) < 4.78 is 64.7. The lowest BCUT2D eigenvalue weighted by atomic mass is 9.99. The van der Waals surface area contributed by atoms with E-state index < -0.39 is 79.7 Å². The topological polar surface area (TPSA) is 276 Å². The molecule has 0 aromatic heterocycles. The third-order valence-corrected chi connectivity index (χ3v) is 7.99. The van der Waals surface area contributed by atoms with Gasteiger partial charge in [0.2, 0.25) is 11.8 Å². The van der Waals surface area contributed by atoms with Crippen molar-refractivity contribution in [3.05, 3.63) is 35.4 Å². The summed E-state index contributed by atoms with van der Waals surface area (Å²) in [4.78, 5) is 59.9. The van der Waals surface area contributed by atoms with Crippen LogP contribution in [0.25, 0.3) is 0 Å². The van der Waals surface area contributed by atoms with Gasteiger partial charge in [-0.05, 0) is 50.7 Å². The van der Waals surface area contributed by atoms with Gasteiger partial charge >= 0.3 is 5.97 Å². The van der Waals surface area contributed by atoms with Crippen molar-refractivity contribution in [3.63, 3.8) is 0 Å². The van der Waals surface area contributed by atoms with Crippen LogP contribution in [0, 0.1) is 12.8 Å². The smallest absolute Gasteiger partial charge is 0.303 e. The third kappa shape index (κ3) is 17.6. The lowest BCUT2D eigenvalue weighted by Crippen LogP contribution is -2.48. The van der Waals surface area contributed by atoms with Crippen LogP contribution in [0.3, 0.4) is 0 Å². The van der Waals surface area contributed by atoms with Crippen LogP contribution in [-0.2, 0) is 39.4 Å². The molecule has 3 atom stereocenters. The van der Waals surface area contributed by atoms with E-state index in [1.165, 1.54) is 0 Å². The number of amides is 3. The number of carboxylic acids is 1. The Bertz CT molecular complexity index is 1370. The van der Waals surface area contributed by atoms with Gasteiger partial charge in [0.25, 0.3) is 26.1 Å². The highest BCUT2D eigenvalue weighted by Crippen LogP contribution is 2.12. The van der Waals surface area contributed by atoms with E-state index in [1.807, 2.05) is 6.92 Å². The normalized spacial score (nSPS) is 13.8. The van der Waals surface area contributed by atoms with E-state index in [4.69, 9.17) is 10.8 Å². The summed E-state index contributed by atoms with van der Waals surface area (Å²) in [6.07, 6.45) is -0.473. The molecule has 1 aromatic carbocycles. The van der Waals surface area contributed by atoms with Crippen molar-refractivity contribution in [1.29, 1.82) is 0 Å². The minimum atomic E-state index is -4.79. The number of carboxylic acid groups (broad SMARTS) is 1. The molecular weight excluding hydrogens is 624 g/mol. The zero-order chi connectivity index (χ0) is 33.5. The second kappa shape index (κ2) is 18.4. The van der Waals surface area contributed by atoms with Gasteiger partial charge in [-0.2, -0.15) is 16.8 Å². The molecule has 1 aromatic rings. The van der Waals surface area contributed by atoms with Crippen LogP contribution in [-0.4, -0.2) is 97.2 Å². The number of carbonyl (C=O) groups is 5. The average molecular weight is 665 g/mol. The van der Waals surface area contributed by atoms with Crippen molar-refractivity contribution in [2.45, 2.75) is 64.0 Å². The molecule has 0 aliphatic rings. The zero-order valence-electron chi connectivity index (χ0n) is 24.2. The number of hydrogen-bond donors (Lipinski definition) is 7. The fourth-order valence-corrected chi connectivity index (χ4v) is 5.67. The molecule has 0 saturated heterocycles. The molecule has 248 valence electrons. The van der Waals surface area contributed by atoms with Crippen molar-refractivity contribution < 1.29 is 55.0 Å². The van der Waals surface area contributed by atoms with E-state index in [0.717, 1.165) is 5.56 Å². The van der Waals surface area contributed by atoms with Crippen LogP contribution >= 0.6 is 0 Å². The Morgan fingerprint density at radius 1 is 0.864 bits per heavy atom. The number of primary amides is 1. The Labute approximate surface area is 256 Å². The van der Waals surface area contributed by atoms with Gasteiger partial charge in [-0.25, -0.2) is 0 Å². The number of aryl methyl sites for hydroxylation is 1. The first kappa shape index (κ1) is 38.6. The van der Waals surface area contributed by atoms with E-state index >= 15 is 0 Å². The molecule has 0 spiro atoms. The molecule has 0 fully saturated rings. The van der Waals surface area contributed by atoms with Gasteiger partial charge in [0.05, 0.1) is 11.8 Å². The van der Waals surface area contributed by atoms with E-state index in [1.54, 1.807) is 24.3 Å². The maximum Gasteiger partial charge on any atom is 0.303 e. The molecule has 0 unspecified atom stereocenters. The van der Waals surface area contributed by atoms with Gasteiger partial charge in [-0.15, -0.1) is 0 Å². The molecule has 3 amide bonds. The molecule has 18 heteroatoms. The quantitative estimate of drug-likeness (QED) is 0.0605. The zero-order valence-corrected chi connectivity index (χ0v) is 25.9. The largest absolute Gasteiger partial charge is 0.481 e. The summed E-state index contributed by atoms with van der Waals surface area (Å²) in [6.45, 7) is 1.85. The molecule has 0 heterocycles. The number of carbonyl (C=O) groups excluding carboxylic acids is 4. The Morgan fingerprint density at radius 2 is 1.48 bits per heavy atom. The molecule has 1 rings (SSSR count). The first-order chi connectivity index (χ1) is 20.4. The SMILES string of the molecule is Cc1ccc(C(=O)NCCCC[C@H](NC[C@@H](CC(=O)[C@H](CS(=O)(=O)O)NC(=O)CCCC(=O)O)CS(=O)(=O)O)C(N)=O)cc1. The van der Waals surface area contributed by atoms with Crippen molar-refractivity contribution in [3.8, 4) is 0 Å². The molecule has 0 aliphatic carbocycles. The minimum Gasteiger partial charge on any atom is -0.481 e. The van der Waals surface area contributed by atoms with Crippen molar-refractivity contribution in [1.82, 2.24) is 16.0 Å². The molecule has 0 aliphatic heterocycles. The van der Waals surface area contributed by atoms with Crippen LogP contribution < -0.4 is 21.7 Å². The summed E-state index contributed by atoms with van der Waals surface area (Å²) in [5.41, 5.74) is 6.94. The van der Waals surface area contributed by atoms with Gasteiger partial charge in [-0.3, -0.25) is 33.1 Å². The van der Waals surface area contributed by atoms with Crippen LogP contribution in [0.2, 0.25) is 0 Å². The number of benzene rings is 1. The Hall–Kier alpha value is -3.45. The number of rotatable bonds is 22. The number of nitrogens with two attached hydrogens (primary N) is 1. The molecule has 44 heavy (non-hydrogen) atoms. The number of nitrogens with one attached hydrogen (secondary N) is 3. The van der Waals surface area contributed by atoms with E-state index in [9.17, 15) is 49.9 Å². The summed E-state index contributed by atoms with van der Waals surface area (Å²) in [6, 6.07) is 4.20. The van der Waals surface area contributed by atoms with E-state index in [-0.39, 0.29) is 38.1 Å². The Morgan fingerprint density at radius 3 is 2.02 bits per heavy atom. The maximum absolute atomic E-state index is 12.9. The number of aliphatic carboxylic acids is 1. The summed E-state index contributed by atoms with van der Waals surface area (Å²) in [5.74, 6) is -7.50. The van der Waals surface area contributed by atoms with Crippen molar-refractivity contribution >= 4 is 49.7 Å². The predicted molar refractivity (Wildman–Crippen MR) is 158 cm³/mol. The predicted octanol–water partition coefficient (Wildman–Crippen LogP) is -0.571. The molecular formula is C26H40N4O12S2. The third-order valence-electron chi connectivity index (χ3n) is 6.35. The van der Waals surface area contributed by atoms with E-state index in [2.05, 4.69) is 16.0 Å².